The zero-order chi connectivity index (χ0) is 14.8. The molecule has 0 unspecified atom stereocenters. The summed E-state index contributed by atoms with van der Waals surface area (Å²) < 4.78 is 5.20. The lowest BCUT2D eigenvalue weighted by Crippen LogP contribution is -2.13. The van der Waals surface area contributed by atoms with Crippen LogP contribution in [0.15, 0.2) is 42.6 Å². The molecule has 2 heterocycles. The number of rotatable bonds is 3. The maximum absolute atomic E-state index is 12.3. The van der Waals surface area contributed by atoms with Crippen LogP contribution >= 0.6 is 11.6 Å². The van der Waals surface area contributed by atoms with Crippen LogP contribution in [-0.2, 0) is 0 Å². The van der Waals surface area contributed by atoms with Crippen molar-refractivity contribution in [1.82, 2.24) is 9.97 Å². The molecule has 2 aromatic heterocycles. The van der Waals surface area contributed by atoms with Gasteiger partial charge in [-0.2, -0.15) is 0 Å². The largest absolute Gasteiger partial charge is 0.495 e. The molecule has 0 aliphatic heterocycles. The number of pyridine rings is 1. The molecule has 0 atom stereocenters. The minimum Gasteiger partial charge on any atom is -0.495 e. The van der Waals surface area contributed by atoms with Gasteiger partial charge in [0.25, 0.3) is 5.91 Å². The first-order chi connectivity index (χ1) is 10.2. The number of nitrogens with one attached hydrogen (secondary N) is 2. The first-order valence-corrected chi connectivity index (χ1v) is 6.64. The lowest BCUT2D eigenvalue weighted by molar-refractivity contribution is 0.102. The van der Waals surface area contributed by atoms with Gasteiger partial charge in [0, 0.05) is 11.2 Å². The molecule has 106 valence electrons. The Morgan fingerprint density at radius 1 is 1.33 bits per heavy atom. The number of nitrogens with zero attached hydrogens (tertiary/aromatic N) is 1. The van der Waals surface area contributed by atoms with Gasteiger partial charge in [0.15, 0.2) is 0 Å². The molecule has 0 fully saturated rings. The Morgan fingerprint density at radius 3 is 2.95 bits per heavy atom. The Bertz CT molecular complexity index is 781. The van der Waals surface area contributed by atoms with Crippen molar-refractivity contribution in [3.8, 4) is 5.75 Å². The number of amides is 1. The molecule has 0 saturated carbocycles. The summed E-state index contributed by atoms with van der Waals surface area (Å²) in [7, 11) is 1.53. The Labute approximate surface area is 125 Å². The predicted octanol–water partition coefficient (Wildman–Crippen LogP) is 3.48. The third kappa shape index (κ3) is 2.68. The van der Waals surface area contributed by atoms with Gasteiger partial charge < -0.3 is 15.0 Å². The van der Waals surface area contributed by atoms with Crippen molar-refractivity contribution < 1.29 is 9.53 Å². The molecule has 3 rings (SSSR count). The van der Waals surface area contributed by atoms with Crippen molar-refractivity contribution in [2.24, 2.45) is 0 Å². The van der Waals surface area contributed by atoms with Gasteiger partial charge >= 0.3 is 0 Å². The molecule has 0 spiro atoms. The number of hydrogen-bond donors (Lipinski definition) is 2. The second kappa shape index (κ2) is 5.46. The number of aromatic amines is 1. The van der Waals surface area contributed by atoms with E-state index in [1.54, 1.807) is 36.5 Å². The van der Waals surface area contributed by atoms with E-state index in [4.69, 9.17) is 16.3 Å². The Morgan fingerprint density at radius 2 is 2.19 bits per heavy atom. The first kappa shape index (κ1) is 13.5. The molecule has 2 N–H and O–H groups in total. The van der Waals surface area contributed by atoms with Crippen molar-refractivity contribution >= 4 is 34.2 Å². The number of carbonyl (C=O) groups is 1. The summed E-state index contributed by atoms with van der Waals surface area (Å²) in [4.78, 5) is 19.5. The topological polar surface area (TPSA) is 67.0 Å². The van der Waals surface area contributed by atoms with Gasteiger partial charge in [0.05, 0.1) is 23.8 Å². The highest BCUT2D eigenvalue weighted by Crippen LogP contribution is 2.28. The van der Waals surface area contributed by atoms with E-state index in [1.165, 1.54) is 7.11 Å². The molecular formula is C15H12ClN3O2. The van der Waals surface area contributed by atoms with Gasteiger partial charge in [-0.25, -0.2) is 0 Å². The minimum absolute atomic E-state index is 0.284. The number of ether oxygens (including phenoxy) is 1. The summed E-state index contributed by atoms with van der Waals surface area (Å²) in [5, 5.41) is 3.29. The van der Waals surface area contributed by atoms with Gasteiger partial charge in [0.1, 0.15) is 11.4 Å². The third-order valence-electron chi connectivity index (χ3n) is 3.04. The number of fused-ring (bicyclic) bond motifs is 1. The monoisotopic (exact) mass is 301 g/mol. The molecule has 0 bridgehead atoms. The summed E-state index contributed by atoms with van der Waals surface area (Å²) in [6, 6.07) is 10.4. The van der Waals surface area contributed by atoms with Crippen LogP contribution in [0, 0.1) is 0 Å². The quantitative estimate of drug-likeness (QED) is 0.778. The molecule has 0 aliphatic carbocycles. The van der Waals surface area contributed by atoms with Crippen LogP contribution in [0.3, 0.4) is 0 Å². The van der Waals surface area contributed by atoms with Crippen molar-refractivity contribution in [3.63, 3.8) is 0 Å². The number of methoxy groups -OCH3 is 1. The number of H-pyrrole nitrogens is 1. The number of benzene rings is 1. The number of anilines is 1. The van der Waals surface area contributed by atoms with Crippen molar-refractivity contribution in [3.05, 3.63) is 53.3 Å². The maximum atomic E-state index is 12.3. The number of aromatic nitrogens is 2. The Hall–Kier alpha value is -2.53. The highest BCUT2D eigenvalue weighted by molar-refractivity contribution is 6.31. The average molecular weight is 302 g/mol. The first-order valence-electron chi connectivity index (χ1n) is 6.26. The molecule has 0 aliphatic rings. The lowest BCUT2D eigenvalue weighted by atomic mass is 10.2. The van der Waals surface area contributed by atoms with E-state index in [2.05, 4.69) is 15.3 Å². The van der Waals surface area contributed by atoms with Crippen LogP contribution in [0.2, 0.25) is 5.02 Å². The predicted molar refractivity (Wildman–Crippen MR) is 82.1 cm³/mol. The average Bonchev–Trinajstić information content (AvgIpc) is 2.91. The van der Waals surface area contributed by atoms with E-state index in [0.717, 1.165) is 11.0 Å². The molecule has 5 nitrogen and oxygen atoms in total. The van der Waals surface area contributed by atoms with Crippen LogP contribution < -0.4 is 10.1 Å². The smallest absolute Gasteiger partial charge is 0.272 e. The van der Waals surface area contributed by atoms with Crippen molar-refractivity contribution in [1.29, 1.82) is 0 Å². The maximum Gasteiger partial charge on any atom is 0.272 e. The van der Waals surface area contributed by atoms with Crippen LogP contribution in [0.5, 0.6) is 5.75 Å². The Kier molecular flexibility index (Phi) is 3.50. The summed E-state index contributed by atoms with van der Waals surface area (Å²) >= 11 is 5.94. The van der Waals surface area contributed by atoms with E-state index < -0.39 is 0 Å². The molecule has 21 heavy (non-hydrogen) atoms. The molecule has 3 aromatic rings. The normalized spacial score (nSPS) is 10.6. The summed E-state index contributed by atoms with van der Waals surface area (Å²) in [6.07, 6.45) is 1.68. The Balaban J connectivity index is 1.91. The van der Waals surface area contributed by atoms with Gasteiger partial charge in [-0.15, -0.1) is 0 Å². The molecule has 6 heteroatoms. The minimum atomic E-state index is -0.284. The number of hydrogen-bond acceptors (Lipinski definition) is 3. The second-order valence-electron chi connectivity index (χ2n) is 4.42. The van der Waals surface area contributed by atoms with E-state index in [1.807, 2.05) is 6.07 Å². The molecule has 1 amide bonds. The second-order valence-corrected chi connectivity index (χ2v) is 4.85. The van der Waals surface area contributed by atoms with Crippen LogP contribution in [0.25, 0.3) is 11.0 Å². The van der Waals surface area contributed by atoms with Gasteiger partial charge in [-0.1, -0.05) is 11.6 Å². The van der Waals surface area contributed by atoms with Crippen LogP contribution in [0.1, 0.15) is 10.5 Å². The van der Waals surface area contributed by atoms with Crippen LogP contribution in [0.4, 0.5) is 5.69 Å². The highest BCUT2D eigenvalue weighted by Gasteiger charge is 2.13. The van der Waals surface area contributed by atoms with E-state index in [0.29, 0.717) is 22.2 Å². The van der Waals surface area contributed by atoms with Crippen molar-refractivity contribution in [2.45, 2.75) is 0 Å². The fourth-order valence-electron chi connectivity index (χ4n) is 2.05. The van der Waals surface area contributed by atoms with Crippen LogP contribution in [-0.4, -0.2) is 23.0 Å². The van der Waals surface area contributed by atoms with E-state index in [-0.39, 0.29) is 5.91 Å². The van der Waals surface area contributed by atoms with E-state index in [9.17, 15) is 4.79 Å². The molecular weight excluding hydrogens is 290 g/mol. The van der Waals surface area contributed by atoms with Crippen molar-refractivity contribution in [2.75, 3.05) is 12.4 Å². The summed E-state index contributed by atoms with van der Waals surface area (Å²) in [6.45, 7) is 0. The summed E-state index contributed by atoms with van der Waals surface area (Å²) in [5.74, 6) is 0.260. The standard InChI is InChI=1S/C15H12ClN3O2/c1-21-14-5-4-9(16)7-12(14)19-15(20)13-8-11-10(18-13)3-2-6-17-11/h2-8,18H,1H3,(H,19,20). The zero-order valence-electron chi connectivity index (χ0n) is 11.2. The third-order valence-corrected chi connectivity index (χ3v) is 3.28. The number of carbonyl (C=O) groups excluding carboxylic acids is 1. The van der Waals surface area contributed by atoms with Gasteiger partial charge in [-0.05, 0) is 36.4 Å². The van der Waals surface area contributed by atoms with E-state index >= 15 is 0 Å². The fraction of sp³-hybridized carbons (Fsp3) is 0.0667. The number of halogens is 1. The summed E-state index contributed by atoms with van der Waals surface area (Å²) in [5.41, 5.74) is 2.48. The molecule has 0 radical (unpaired) electrons. The highest BCUT2D eigenvalue weighted by atomic mass is 35.5. The van der Waals surface area contributed by atoms with Gasteiger partial charge in [-0.3, -0.25) is 9.78 Å². The lowest BCUT2D eigenvalue weighted by Gasteiger charge is -2.09. The zero-order valence-corrected chi connectivity index (χ0v) is 11.9. The molecule has 1 aromatic carbocycles. The van der Waals surface area contributed by atoms with Gasteiger partial charge in [0.2, 0.25) is 0 Å². The fourth-order valence-corrected chi connectivity index (χ4v) is 2.22. The molecule has 0 saturated heterocycles. The SMILES string of the molecule is COc1ccc(Cl)cc1NC(=O)c1cc2ncccc2[nH]1.